The fourth-order valence-corrected chi connectivity index (χ4v) is 3.94. The van der Waals surface area contributed by atoms with E-state index in [1.807, 2.05) is 6.07 Å². The van der Waals surface area contributed by atoms with Gasteiger partial charge in [-0.15, -0.1) is 0 Å². The van der Waals surface area contributed by atoms with Gasteiger partial charge in [-0.05, 0) is 30.0 Å². The van der Waals surface area contributed by atoms with E-state index >= 15 is 0 Å². The number of rotatable bonds is 8. The van der Waals surface area contributed by atoms with Crippen molar-refractivity contribution in [2.75, 3.05) is 5.73 Å². The van der Waals surface area contributed by atoms with Crippen LogP contribution in [0.1, 0.15) is 90.6 Å². The zero-order chi connectivity index (χ0) is 21.9. The Morgan fingerprint density at radius 3 is 2.47 bits per heavy atom. The molecule has 5 heteroatoms. The SMILES string of the molecule is CCCCCCC(=O)NC1(c2[c]cc(C(C)C)cc2)C(=O)c2cccc(N)c2C1=O. The summed E-state index contributed by atoms with van der Waals surface area (Å²) in [6, 6.07) is 13.3. The predicted octanol–water partition coefficient (Wildman–Crippen LogP) is 4.55. The van der Waals surface area contributed by atoms with Gasteiger partial charge in [0.1, 0.15) is 0 Å². The van der Waals surface area contributed by atoms with Crippen molar-refractivity contribution in [2.24, 2.45) is 0 Å². The monoisotopic (exact) mass is 405 g/mol. The highest BCUT2D eigenvalue weighted by Gasteiger charge is 2.56. The maximum Gasteiger partial charge on any atom is 0.221 e. The Labute approximate surface area is 178 Å². The number of fused-ring (bicyclic) bond motifs is 1. The van der Waals surface area contributed by atoms with Crippen LogP contribution in [0.4, 0.5) is 5.69 Å². The highest BCUT2D eigenvalue weighted by Crippen LogP contribution is 2.40. The van der Waals surface area contributed by atoms with Gasteiger partial charge in [0.15, 0.2) is 5.54 Å². The van der Waals surface area contributed by atoms with E-state index < -0.39 is 17.1 Å². The number of nitrogens with two attached hydrogens (primary N) is 1. The minimum Gasteiger partial charge on any atom is -0.398 e. The van der Waals surface area contributed by atoms with Crippen molar-refractivity contribution in [1.29, 1.82) is 0 Å². The molecule has 1 amide bonds. The van der Waals surface area contributed by atoms with Crippen molar-refractivity contribution in [3.05, 3.63) is 64.7 Å². The van der Waals surface area contributed by atoms with Crippen molar-refractivity contribution in [1.82, 2.24) is 5.32 Å². The Kier molecular flexibility index (Phi) is 6.40. The van der Waals surface area contributed by atoms with Crippen LogP contribution in [0.2, 0.25) is 0 Å². The highest BCUT2D eigenvalue weighted by atomic mass is 16.2. The molecular weight excluding hydrogens is 376 g/mol. The van der Waals surface area contributed by atoms with Crippen LogP contribution in [0.25, 0.3) is 0 Å². The number of Topliss-reactive ketones (excluding diaryl/α,β-unsaturated/α-hetero) is 2. The topological polar surface area (TPSA) is 89.3 Å². The van der Waals surface area contributed by atoms with Crippen molar-refractivity contribution < 1.29 is 14.4 Å². The first-order valence-corrected chi connectivity index (χ1v) is 10.6. The Bertz CT molecular complexity index is 963. The van der Waals surface area contributed by atoms with Gasteiger partial charge in [-0.2, -0.15) is 0 Å². The molecule has 1 aliphatic carbocycles. The summed E-state index contributed by atoms with van der Waals surface area (Å²) in [5.74, 6) is -0.982. The van der Waals surface area contributed by atoms with Crippen LogP contribution >= 0.6 is 0 Å². The van der Waals surface area contributed by atoms with Crippen molar-refractivity contribution in [3.63, 3.8) is 0 Å². The predicted molar refractivity (Wildman–Crippen MR) is 117 cm³/mol. The number of nitrogen functional groups attached to an aromatic ring is 1. The number of amides is 1. The van der Waals surface area contributed by atoms with Crippen molar-refractivity contribution >= 4 is 23.2 Å². The standard InChI is InChI=1S/C25H29N2O3/c1-4-5-6-7-11-21(28)27-25(18-14-12-17(13-15-18)16(2)3)23(29)19-9-8-10-20(26)22(19)24(25)30/h8-10,12-14,16H,4-7,11,26H2,1-3H3,(H,27,28). The summed E-state index contributed by atoms with van der Waals surface area (Å²) < 4.78 is 0. The van der Waals surface area contributed by atoms with Crippen molar-refractivity contribution in [3.8, 4) is 0 Å². The van der Waals surface area contributed by atoms with Gasteiger partial charge in [0.25, 0.3) is 0 Å². The van der Waals surface area contributed by atoms with Gasteiger partial charge in [-0.25, -0.2) is 0 Å². The Hall–Kier alpha value is -2.95. The molecule has 1 aliphatic rings. The Morgan fingerprint density at radius 2 is 1.87 bits per heavy atom. The zero-order valence-electron chi connectivity index (χ0n) is 17.9. The molecule has 2 aromatic carbocycles. The molecule has 157 valence electrons. The van der Waals surface area contributed by atoms with Crippen LogP contribution in [0.15, 0.2) is 36.4 Å². The Morgan fingerprint density at radius 1 is 1.10 bits per heavy atom. The first-order chi connectivity index (χ1) is 14.3. The van der Waals surface area contributed by atoms with Gasteiger partial charge in [-0.3, -0.25) is 14.4 Å². The first-order valence-electron chi connectivity index (χ1n) is 10.6. The average molecular weight is 406 g/mol. The smallest absolute Gasteiger partial charge is 0.221 e. The van der Waals surface area contributed by atoms with E-state index in [0.29, 0.717) is 12.0 Å². The molecular formula is C25H29N2O3. The molecule has 0 aliphatic heterocycles. The quantitative estimate of drug-likeness (QED) is 0.383. The summed E-state index contributed by atoms with van der Waals surface area (Å²) in [7, 11) is 0. The molecule has 3 N–H and O–H groups in total. The van der Waals surface area contributed by atoms with Crippen LogP contribution in [0.3, 0.4) is 0 Å². The number of hydrogen-bond acceptors (Lipinski definition) is 4. The van der Waals surface area contributed by atoms with Gasteiger partial charge < -0.3 is 11.1 Å². The highest BCUT2D eigenvalue weighted by molar-refractivity contribution is 6.35. The average Bonchev–Trinajstić information content (AvgIpc) is 2.94. The van der Waals surface area contributed by atoms with Crippen molar-refractivity contribution in [2.45, 2.75) is 64.3 Å². The second kappa shape index (κ2) is 8.82. The molecule has 30 heavy (non-hydrogen) atoms. The first kappa shape index (κ1) is 21.8. The summed E-state index contributed by atoms with van der Waals surface area (Å²) in [6.07, 6.45) is 4.01. The number of benzene rings is 2. The van der Waals surface area contributed by atoms with E-state index in [2.05, 4.69) is 32.2 Å². The van der Waals surface area contributed by atoms with Gasteiger partial charge in [0, 0.05) is 23.2 Å². The molecule has 0 aromatic heterocycles. The summed E-state index contributed by atoms with van der Waals surface area (Å²) in [4.78, 5) is 39.8. The molecule has 2 aromatic rings. The number of carbonyl (C=O) groups is 3. The number of nitrogens with one attached hydrogen (secondary N) is 1. The van der Waals surface area contributed by atoms with E-state index in [0.717, 1.165) is 24.8 Å². The van der Waals surface area contributed by atoms with Crippen LogP contribution in [0, 0.1) is 6.07 Å². The number of carbonyl (C=O) groups excluding carboxylic acids is 3. The summed E-state index contributed by atoms with van der Waals surface area (Å²) in [5.41, 5.74) is 6.27. The molecule has 0 saturated heterocycles. The lowest BCUT2D eigenvalue weighted by molar-refractivity contribution is -0.122. The zero-order valence-corrected chi connectivity index (χ0v) is 17.9. The van der Waals surface area contributed by atoms with E-state index in [1.165, 1.54) is 0 Å². The molecule has 1 unspecified atom stereocenters. The molecule has 0 spiro atoms. The van der Waals surface area contributed by atoms with E-state index in [1.54, 1.807) is 30.3 Å². The number of hydrogen-bond donors (Lipinski definition) is 2. The number of anilines is 1. The molecule has 0 heterocycles. The summed E-state index contributed by atoms with van der Waals surface area (Å²) in [6.45, 7) is 6.21. The van der Waals surface area contributed by atoms with E-state index in [4.69, 9.17) is 5.73 Å². The van der Waals surface area contributed by atoms with Crippen LogP contribution in [0.5, 0.6) is 0 Å². The maximum atomic E-state index is 13.5. The normalized spacial score (nSPS) is 18.0. The lowest BCUT2D eigenvalue weighted by Gasteiger charge is -2.28. The molecule has 0 bridgehead atoms. The second-order valence-corrected chi connectivity index (χ2v) is 8.23. The molecule has 3 rings (SSSR count). The fraction of sp³-hybridized carbons (Fsp3) is 0.400. The van der Waals surface area contributed by atoms with E-state index in [9.17, 15) is 14.4 Å². The van der Waals surface area contributed by atoms with Crippen LogP contribution < -0.4 is 11.1 Å². The van der Waals surface area contributed by atoms with Crippen LogP contribution in [-0.2, 0) is 10.3 Å². The van der Waals surface area contributed by atoms with Gasteiger partial charge in [-0.1, -0.05) is 70.4 Å². The summed E-state index contributed by atoms with van der Waals surface area (Å²) in [5, 5.41) is 2.78. The largest absolute Gasteiger partial charge is 0.398 e. The Balaban J connectivity index is 2.02. The molecule has 0 saturated carbocycles. The number of unbranched alkanes of at least 4 members (excludes halogenated alkanes) is 3. The van der Waals surface area contributed by atoms with Crippen LogP contribution in [-0.4, -0.2) is 17.5 Å². The third-order valence-electron chi connectivity index (χ3n) is 5.74. The molecule has 1 atom stereocenters. The molecule has 0 fully saturated rings. The molecule has 5 nitrogen and oxygen atoms in total. The molecule has 1 radical (unpaired) electrons. The maximum absolute atomic E-state index is 13.5. The summed E-state index contributed by atoms with van der Waals surface area (Å²) >= 11 is 0. The third-order valence-corrected chi connectivity index (χ3v) is 5.74. The van der Waals surface area contributed by atoms with E-state index in [-0.39, 0.29) is 35.1 Å². The lowest BCUT2D eigenvalue weighted by Crippen LogP contribution is -2.54. The van der Waals surface area contributed by atoms with Gasteiger partial charge >= 0.3 is 0 Å². The fourth-order valence-electron chi connectivity index (χ4n) is 3.94. The third kappa shape index (κ3) is 3.76. The minimum absolute atomic E-state index is 0.176. The second-order valence-electron chi connectivity index (χ2n) is 8.23. The lowest BCUT2D eigenvalue weighted by atomic mass is 9.83. The van der Waals surface area contributed by atoms with Gasteiger partial charge in [0.05, 0.1) is 5.56 Å². The number of ketones is 2. The minimum atomic E-state index is -1.81. The van der Waals surface area contributed by atoms with Gasteiger partial charge in [0.2, 0.25) is 17.5 Å².